The van der Waals surface area contributed by atoms with Crippen LogP contribution in [0.4, 0.5) is 0 Å². The second-order valence-corrected chi connectivity index (χ2v) is 6.90. The van der Waals surface area contributed by atoms with Gasteiger partial charge < -0.3 is 10.4 Å². The maximum atomic E-state index is 12.0. The van der Waals surface area contributed by atoms with Crippen LogP contribution >= 0.6 is 23.2 Å². The summed E-state index contributed by atoms with van der Waals surface area (Å²) < 4.78 is 0. The fraction of sp³-hybridized carbons (Fsp3) is 0.467. The van der Waals surface area contributed by atoms with Crippen LogP contribution in [0.2, 0.25) is 10.0 Å². The van der Waals surface area contributed by atoms with Gasteiger partial charge >= 0.3 is 5.97 Å². The molecule has 2 rings (SSSR count). The molecule has 1 fully saturated rings. The van der Waals surface area contributed by atoms with Crippen molar-refractivity contribution in [2.45, 2.75) is 32.1 Å². The zero-order valence-corrected chi connectivity index (χ0v) is 13.4. The number of carbonyl (C=O) groups excluding carboxylic acids is 1. The topological polar surface area (TPSA) is 66.4 Å². The zero-order valence-electron chi connectivity index (χ0n) is 11.9. The lowest BCUT2D eigenvalue weighted by atomic mass is 9.84. The minimum absolute atomic E-state index is 0.332. The quantitative estimate of drug-likeness (QED) is 0.815. The molecule has 0 heterocycles. The van der Waals surface area contributed by atoms with Crippen molar-refractivity contribution in [3.05, 3.63) is 33.8 Å². The Hall–Kier alpha value is -1.26. The van der Waals surface area contributed by atoms with Crippen molar-refractivity contribution in [2.75, 3.05) is 6.54 Å². The van der Waals surface area contributed by atoms with Crippen molar-refractivity contribution in [1.82, 2.24) is 5.32 Å². The van der Waals surface area contributed by atoms with Gasteiger partial charge in [0.1, 0.15) is 5.41 Å². The molecule has 0 spiro atoms. The Kier molecular flexibility index (Phi) is 4.22. The first kappa shape index (κ1) is 16.1. The molecular weight excluding hydrogens is 313 g/mol. The van der Waals surface area contributed by atoms with Gasteiger partial charge in [0, 0.05) is 12.0 Å². The lowest BCUT2D eigenvalue weighted by molar-refractivity contribution is -0.149. The Morgan fingerprint density at radius 3 is 2.38 bits per heavy atom. The second-order valence-electron chi connectivity index (χ2n) is 6.08. The smallest absolute Gasteiger partial charge is 0.319 e. The normalized spacial score (nSPS) is 16.4. The fourth-order valence-electron chi connectivity index (χ4n) is 2.15. The first-order valence-corrected chi connectivity index (χ1v) is 7.42. The van der Waals surface area contributed by atoms with Crippen molar-refractivity contribution in [3.8, 4) is 0 Å². The molecule has 0 bridgehead atoms. The number of benzene rings is 1. The molecule has 2 N–H and O–H groups in total. The highest BCUT2D eigenvalue weighted by Crippen LogP contribution is 2.46. The van der Waals surface area contributed by atoms with E-state index in [1.165, 1.54) is 0 Å². The number of carboxylic acid groups (broad SMARTS) is 1. The van der Waals surface area contributed by atoms with Crippen LogP contribution in [0.3, 0.4) is 0 Å². The molecule has 0 aromatic heterocycles. The maximum absolute atomic E-state index is 12.0. The third-order valence-corrected chi connectivity index (χ3v) is 4.73. The Balaban J connectivity index is 2.06. The first-order valence-electron chi connectivity index (χ1n) is 6.66. The number of nitrogens with one attached hydrogen (secondary N) is 1. The van der Waals surface area contributed by atoms with Crippen molar-refractivity contribution in [1.29, 1.82) is 0 Å². The number of carbonyl (C=O) groups is 2. The van der Waals surface area contributed by atoms with E-state index in [0.29, 0.717) is 29.4 Å². The van der Waals surface area contributed by atoms with Gasteiger partial charge in [-0.05, 0) is 30.5 Å². The number of aliphatic carboxylic acids is 1. The molecule has 0 unspecified atom stereocenters. The number of hydrogen-bond acceptors (Lipinski definition) is 2. The van der Waals surface area contributed by atoms with Crippen LogP contribution < -0.4 is 5.32 Å². The average molecular weight is 330 g/mol. The van der Waals surface area contributed by atoms with Crippen molar-refractivity contribution in [2.24, 2.45) is 5.41 Å². The van der Waals surface area contributed by atoms with Crippen LogP contribution in [-0.2, 0) is 15.0 Å². The minimum Gasteiger partial charge on any atom is -0.480 e. The standard InChI is InChI=1S/C15H17Cl2NO3/c1-14(2,9-3-4-10(16)11(17)7-9)8-18-12(19)15(5-6-15)13(20)21/h3-4,7H,5-6,8H2,1-2H3,(H,18,19)(H,20,21). The molecule has 21 heavy (non-hydrogen) atoms. The largest absolute Gasteiger partial charge is 0.480 e. The molecule has 1 aliphatic carbocycles. The van der Waals surface area contributed by atoms with Gasteiger partial charge in [-0.25, -0.2) is 0 Å². The van der Waals surface area contributed by atoms with Gasteiger partial charge in [0.25, 0.3) is 0 Å². The van der Waals surface area contributed by atoms with Crippen molar-refractivity contribution >= 4 is 35.1 Å². The van der Waals surface area contributed by atoms with Gasteiger partial charge in [-0.3, -0.25) is 9.59 Å². The minimum atomic E-state index is -1.21. The van der Waals surface area contributed by atoms with E-state index in [1.54, 1.807) is 12.1 Å². The first-order chi connectivity index (χ1) is 9.69. The molecule has 114 valence electrons. The van der Waals surface area contributed by atoms with E-state index in [1.807, 2.05) is 19.9 Å². The van der Waals surface area contributed by atoms with Gasteiger partial charge in [0.15, 0.2) is 0 Å². The van der Waals surface area contributed by atoms with Gasteiger partial charge in [-0.1, -0.05) is 43.1 Å². The van der Waals surface area contributed by atoms with E-state index in [9.17, 15) is 9.59 Å². The monoisotopic (exact) mass is 329 g/mol. The summed E-state index contributed by atoms with van der Waals surface area (Å²) in [5, 5.41) is 12.8. The summed E-state index contributed by atoms with van der Waals surface area (Å²) in [7, 11) is 0. The highest BCUT2D eigenvalue weighted by molar-refractivity contribution is 6.42. The van der Waals surface area contributed by atoms with Crippen LogP contribution in [0, 0.1) is 5.41 Å². The average Bonchev–Trinajstić information content (AvgIpc) is 3.20. The number of carboxylic acids is 1. The van der Waals surface area contributed by atoms with E-state index in [0.717, 1.165) is 5.56 Å². The van der Waals surface area contributed by atoms with Crippen LogP contribution in [0.15, 0.2) is 18.2 Å². The van der Waals surface area contributed by atoms with Gasteiger partial charge in [-0.2, -0.15) is 0 Å². The molecule has 0 saturated heterocycles. The number of rotatable bonds is 5. The van der Waals surface area contributed by atoms with E-state index >= 15 is 0 Å². The van der Waals surface area contributed by atoms with Crippen LogP contribution in [-0.4, -0.2) is 23.5 Å². The summed E-state index contributed by atoms with van der Waals surface area (Å²) in [6, 6.07) is 5.33. The maximum Gasteiger partial charge on any atom is 0.319 e. The van der Waals surface area contributed by atoms with Crippen molar-refractivity contribution in [3.63, 3.8) is 0 Å². The molecule has 1 amide bonds. The molecule has 4 nitrogen and oxygen atoms in total. The molecule has 1 saturated carbocycles. The summed E-state index contributed by atoms with van der Waals surface area (Å²) in [6.07, 6.45) is 0.808. The third-order valence-electron chi connectivity index (χ3n) is 3.99. The van der Waals surface area contributed by atoms with Crippen LogP contribution in [0.25, 0.3) is 0 Å². The molecule has 0 atom stereocenters. The summed E-state index contributed by atoms with van der Waals surface area (Å²) in [5.41, 5.74) is -0.663. The highest BCUT2D eigenvalue weighted by atomic mass is 35.5. The molecule has 1 aromatic carbocycles. The number of hydrogen-bond donors (Lipinski definition) is 2. The van der Waals surface area contributed by atoms with Gasteiger partial charge in [-0.15, -0.1) is 0 Å². The molecule has 1 aromatic rings. The zero-order chi connectivity index (χ0) is 15.8. The highest BCUT2D eigenvalue weighted by Gasteiger charge is 2.57. The van der Waals surface area contributed by atoms with Crippen LogP contribution in [0.5, 0.6) is 0 Å². The SMILES string of the molecule is CC(C)(CNC(=O)C1(C(=O)O)CC1)c1ccc(Cl)c(Cl)c1. The predicted octanol–water partition coefficient (Wildman–Crippen LogP) is 3.25. The van der Waals surface area contributed by atoms with E-state index in [2.05, 4.69) is 5.32 Å². The molecule has 0 aliphatic heterocycles. The molecular formula is C15H17Cl2NO3. The lowest BCUT2D eigenvalue weighted by Gasteiger charge is -2.27. The summed E-state index contributed by atoms with van der Waals surface area (Å²) in [6.45, 7) is 4.24. The lowest BCUT2D eigenvalue weighted by Crippen LogP contribution is -2.42. The predicted molar refractivity (Wildman–Crippen MR) is 81.8 cm³/mol. The molecule has 1 aliphatic rings. The Bertz CT molecular complexity index is 595. The third kappa shape index (κ3) is 3.16. The van der Waals surface area contributed by atoms with E-state index < -0.39 is 17.3 Å². The molecule has 0 radical (unpaired) electrons. The summed E-state index contributed by atoms with van der Waals surface area (Å²) in [4.78, 5) is 23.1. The molecule has 6 heteroatoms. The van der Waals surface area contributed by atoms with Gasteiger partial charge in [0.05, 0.1) is 10.0 Å². The fourth-order valence-corrected chi connectivity index (χ4v) is 2.45. The number of amides is 1. The Labute approximate surface area is 133 Å². The van der Waals surface area contributed by atoms with E-state index in [-0.39, 0.29) is 5.41 Å². The van der Waals surface area contributed by atoms with Crippen LogP contribution in [0.1, 0.15) is 32.3 Å². The van der Waals surface area contributed by atoms with Crippen molar-refractivity contribution < 1.29 is 14.7 Å². The number of halogens is 2. The second kappa shape index (κ2) is 5.50. The summed E-state index contributed by atoms with van der Waals surface area (Å²) in [5.74, 6) is -1.46. The Morgan fingerprint density at radius 2 is 1.90 bits per heavy atom. The summed E-state index contributed by atoms with van der Waals surface area (Å²) >= 11 is 11.9. The Morgan fingerprint density at radius 1 is 1.29 bits per heavy atom. The van der Waals surface area contributed by atoms with E-state index in [4.69, 9.17) is 28.3 Å². The van der Waals surface area contributed by atoms with Gasteiger partial charge in [0.2, 0.25) is 5.91 Å².